The Morgan fingerprint density at radius 1 is 1.00 bits per heavy atom. The van der Waals surface area contributed by atoms with Crippen molar-refractivity contribution in [3.63, 3.8) is 0 Å². The van der Waals surface area contributed by atoms with Gasteiger partial charge in [0.2, 0.25) is 0 Å². The van der Waals surface area contributed by atoms with Crippen molar-refractivity contribution >= 4 is 6.09 Å². The van der Waals surface area contributed by atoms with E-state index in [1.807, 2.05) is 48.5 Å². The zero-order chi connectivity index (χ0) is 15.3. The van der Waals surface area contributed by atoms with Gasteiger partial charge in [-0.05, 0) is 11.1 Å². The number of hydrogen-bond donors (Lipinski definition) is 1. The quantitative estimate of drug-likeness (QED) is 0.923. The third kappa shape index (κ3) is 3.65. The van der Waals surface area contributed by atoms with Crippen LogP contribution in [0.15, 0.2) is 60.7 Å². The summed E-state index contributed by atoms with van der Waals surface area (Å²) in [5.74, 6) is 0. The molecule has 4 nitrogen and oxygen atoms in total. The fourth-order valence-electron chi connectivity index (χ4n) is 2.53. The van der Waals surface area contributed by atoms with Crippen LogP contribution in [0.3, 0.4) is 0 Å². The second-order valence-corrected chi connectivity index (χ2v) is 5.62. The fraction of sp³-hybridized carbons (Fsp3) is 0.278. The Kier molecular flexibility index (Phi) is 4.39. The Bertz CT molecular complexity index is 609. The number of amides is 1. The van der Waals surface area contributed by atoms with Crippen molar-refractivity contribution in [3.8, 4) is 0 Å². The number of rotatable bonds is 5. The summed E-state index contributed by atoms with van der Waals surface area (Å²) < 4.78 is 10.6. The van der Waals surface area contributed by atoms with Crippen molar-refractivity contribution < 1.29 is 14.3 Å². The van der Waals surface area contributed by atoms with E-state index in [-0.39, 0.29) is 12.1 Å². The smallest absolute Gasteiger partial charge is 0.408 e. The number of nitrogens with one attached hydrogen (secondary N) is 1. The second-order valence-electron chi connectivity index (χ2n) is 5.62. The highest BCUT2D eigenvalue weighted by molar-refractivity contribution is 5.68. The van der Waals surface area contributed by atoms with Crippen LogP contribution in [0.25, 0.3) is 0 Å². The molecule has 2 aromatic rings. The minimum atomic E-state index is -0.400. The molecule has 3 rings (SSSR count). The van der Waals surface area contributed by atoms with Crippen LogP contribution in [0.2, 0.25) is 0 Å². The normalized spacial score (nSPS) is 15.6. The monoisotopic (exact) mass is 297 g/mol. The van der Waals surface area contributed by atoms with Crippen molar-refractivity contribution in [3.05, 3.63) is 71.8 Å². The lowest BCUT2D eigenvalue weighted by molar-refractivity contribution is -0.0717. The lowest BCUT2D eigenvalue weighted by Crippen LogP contribution is -2.63. The maximum atomic E-state index is 12.0. The largest absolute Gasteiger partial charge is 0.445 e. The summed E-state index contributed by atoms with van der Waals surface area (Å²) in [4.78, 5) is 12.0. The van der Waals surface area contributed by atoms with Gasteiger partial charge in [0.25, 0.3) is 0 Å². The van der Waals surface area contributed by atoms with Crippen LogP contribution in [-0.2, 0) is 22.5 Å². The summed E-state index contributed by atoms with van der Waals surface area (Å²) in [5.41, 5.74) is 1.79. The minimum absolute atomic E-state index is 0.273. The predicted octanol–water partition coefficient (Wildman–Crippen LogP) is 2.92. The zero-order valence-electron chi connectivity index (χ0n) is 12.3. The Hall–Kier alpha value is -2.33. The lowest BCUT2D eigenvalue weighted by Gasteiger charge is -2.41. The fourth-order valence-corrected chi connectivity index (χ4v) is 2.53. The number of carbonyl (C=O) groups is 1. The zero-order valence-corrected chi connectivity index (χ0v) is 12.3. The van der Waals surface area contributed by atoms with Crippen LogP contribution >= 0.6 is 0 Å². The predicted molar refractivity (Wildman–Crippen MR) is 83.5 cm³/mol. The number of alkyl carbamates (subject to hydrolysis) is 1. The molecule has 0 atom stereocenters. The van der Waals surface area contributed by atoms with Gasteiger partial charge in [0.15, 0.2) is 0 Å². The van der Waals surface area contributed by atoms with Crippen LogP contribution in [0.1, 0.15) is 11.1 Å². The molecule has 0 radical (unpaired) electrons. The number of carbonyl (C=O) groups excluding carboxylic acids is 1. The summed E-state index contributed by atoms with van der Waals surface area (Å²) >= 11 is 0. The Balaban J connectivity index is 1.55. The van der Waals surface area contributed by atoms with Crippen molar-refractivity contribution in [1.29, 1.82) is 0 Å². The Morgan fingerprint density at radius 2 is 1.59 bits per heavy atom. The molecule has 2 aromatic carbocycles. The van der Waals surface area contributed by atoms with Crippen molar-refractivity contribution in [2.24, 2.45) is 0 Å². The molecule has 1 fully saturated rings. The Labute approximate surface area is 130 Å². The van der Waals surface area contributed by atoms with Crippen LogP contribution in [0.4, 0.5) is 4.79 Å². The molecule has 0 aliphatic carbocycles. The average Bonchev–Trinajstić information content (AvgIpc) is 2.53. The van der Waals surface area contributed by atoms with Gasteiger partial charge in [-0.2, -0.15) is 0 Å². The molecule has 1 N–H and O–H groups in total. The minimum Gasteiger partial charge on any atom is -0.445 e. The average molecular weight is 297 g/mol. The summed E-state index contributed by atoms with van der Waals surface area (Å²) in [6, 6.07) is 19.7. The van der Waals surface area contributed by atoms with Crippen LogP contribution in [-0.4, -0.2) is 24.8 Å². The number of hydrogen-bond acceptors (Lipinski definition) is 3. The van der Waals surface area contributed by atoms with Gasteiger partial charge in [0, 0.05) is 6.42 Å². The van der Waals surface area contributed by atoms with E-state index < -0.39 is 6.09 Å². The van der Waals surface area contributed by atoms with Crippen LogP contribution in [0, 0.1) is 0 Å². The molecule has 0 saturated carbocycles. The van der Waals surface area contributed by atoms with Crippen molar-refractivity contribution in [1.82, 2.24) is 5.32 Å². The van der Waals surface area contributed by atoms with E-state index >= 15 is 0 Å². The second kappa shape index (κ2) is 6.62. The van der Waals surface area contributed by atoms with Crippen LogP contribution in [0.5, 0.6) is 0 Å². The topological polar surface area (TPSA) is 47.6 Å². The first-order chi connectivity index (χ1) is 10.8. The molecule has 1 amide bonds. The third-order valence-corrected chi connectivity index (χ3v) is 3.72. The third-order valence-electron chi connectivity index (χ3n) is 3.72. The van der Waals surface area contributed by atoms with Crippen molar-refractivity contribution in [2.75, 3.05) is 13.2 Å². The van der Waals surface area contributed by atoms with Gasteiger partial charge >= 0.3 is 6.09 Å². The standard InChI is InChI=1S/C18H19NO3/c20-17(22-12-16-9-5-2-6-10-16)19-18(13-21-14-18)11-15-7-3-1-4-8-15/h1-10H,11-14H2,(H,19,20). The van der Waals surface area contributed by atoms with E-state index in [0.717, 1.165) is 12.0 Å². The molecule has 1 heterocycles. The molecule has 0 unspecified atom stereocenters. The van der Waals surface area contributed by atoms with E-state index in [1.165, 1.54) is 5.56 Å². The van der Waals surface area contributed by atoms with Crippen LogP contribution < -0.4 is 5.32 Å². The molecule has 1 saturated heterocycles. The van der Waals surface area contributed by atoms with Gasteiger partial charge in [-0.3, -0.25) is 0 Å². The first-order valence-electron chi connectivity index (χ1n) is 7.36. The van der Waals surface area contributed by atoms with E-state index in [2.05, 4.69) is 17.4 Å². The van der Waals surface area contributed by atoms with Gasteiger partial charge in [-0.15, -0.1) is 0 Å². The maximum Gasteiger partial charge on any atom is 0.408 e. The lowest BCUT2D eigenvalue weighted by atomic mass is 9.89. The summed E-state index contributed by atoms with van der Waals surface area (Å²) in [5, 5.41) is 2.96. The van der Waals surface area contributed by atoms with Crippen molar-refractivity contribution in [2.45, 2.75) is 18.6 Å². The molecule has 114 valence electrons. The van der Waals surface area contributed by atoms with Gasteiger partial charge in [-0.25, -0.2) is 4.79 Å². The number of ether oxygens (including phenoxy) is 2. The van der Waals surface area contributed by atoms with E-state index in [9.17, 15) is 4.79 Å². The summed E-state index contributed by atoms with van der Waals surface area (Å²) in [6.07, 6.45) is 0.344. The first kappa shape index (κ1) is 14.6. The van der Waals surface area contributed by atoms with Gasteiger partial charge < -0.3 is 14.8 Å². The molecular formula is C18H19NO3. The van der Waals surface area contributed by atoms with E-state index in [0.29, 0.717) is 13.2 Å². The summed E-state index contributed by atoms with van der Waals surface area (Å²) in [7, 11) is 0. The maximum absolute atomic E-state index is 12.0. The Morgan fingerprint density at radius 3 is 2.14 bits per heavy atom. The molecular weight excluding hydrogens is 278 g/mol. The van der Waals surface area contributed by atoms with Gasteiger partial charge in [0.05, 0.1) is 18.8 Å². The first-order valence-corrected chi connectivity index (χ1v) is 7.36. The van der Waals surface area contributed by atoms with E-state index in [4.69, 9.17) is 9.47 Å². The van der Waals surface area contributed by atoms with E-state index in [1.54, 1.807) is 0 Å². The molecule has 1 aliphatic heterocycles. The molecule has 22 heavy (non-hydrogen) atoms. The molecule has 1 aliphatic rings. The number of benzene rings is 2. The molecule has 0 bridgehead atoms. The highest BCUT2D eigenvalue weighted by Crippen LogP contribution is 2.22. The molecule has 0 spiro atoms. The SMILES string of the molecule is O=C(NC1(Cc2ccccc2)COC1)OCc1ccccc1. The highest BCUT2D eigenvalue weighted by Gasteiger charge is 2.40. The van der Waals surface area contributed by atoms with Gasteiger partial charge in [-0.1, -0.05) is 60.7 Å². The van der Waals surface area contributed by atoms with Gasteiger partial charge in [0.1, 0.15) is 6.61 Å². The summed E-state index contributed by atoms with van der Waals surface area (Å²) in [6.45, 7) is 1.31. The molecule has 4 heteroatoms. The highest BCUT2D eigenvalue weighted by atomic mass is 16.6. The molecule has 0 aromatic heterocycles.